The van der Waals surface area contributed by atoms with Crippen LogP contribution in [-0.2, 0) is 26.7 Å². The third-order valence-corrected chi connectivity index (χ3v) is 7.85. The third-order valence-electron chi connectivity index (χ3n) is 5.92. The molecule has 1 fully saturated rings. The van der Waals surface area contributed by atoms with E-state index < -0.39 is 10.1 Å². The largest absolute Gasteiger partial charge is 0.744 e. The lowest BCUT2D eigenvalue weighted by Gasteiger charge is -2.28. The number of aryl methyl sites for hydroxylation is 2. The van der Waals surface area contributed by atoms with Crippen LogP contribution < -0.4 is 14.8 Å². The summed E-state index contributed by atoms with van der Waals surface area (Å²) in [5.74, 6) is -0.0827. The molecule has 0 spiro atoms. The number of morpholine rings is 1. The first-order valence-corrected chi connectivity index (χ1v) is 14.4. The number of carbonyl (C=O) groups excluding carboxylic acids is 1. The molecule has 1 amide bonds. The smallest absolute Gasteiger partial charge is 0.409 e. The topological polar surface area (TPSA) is 127 Å². The highest BCUT2D eigenvalue weighted by atomic mass is 32.2. The standard InChI is InChI=1S/C20H21N5O2S.C7H8O3S/c1-14(26)21-16-5-8-18-19(13-16)28-20(24(18)2)23-22-15-3-6-17(7-4-15)25-9-11-27-12-10-25;1-6-2-4-7(5-3-6)11(8,9)10/h3-8,13H,9-12H2,1-2H3;2-5H,1H3,(H,8,9,10). The van der Waals surface area contributed by atoms with Gasteiger partial charge in [0.1, 0.15) is 21.3 Å². The van der Waals surface area contributed by atoms with Crippen molar-refractivity contribution in [3.05, 3.63) is 72.3 Å². The second kappa shape index (κ2) is 12.4. The minimum atomic E-state index is -4.27. The van der Waals surface area contributed by atoms with Gasteiger partial charge in [-0.1, -0.05) is 17.7 Å². The maximum absolute atomic E-state index is 11.3. The predicted octanol–water partition coefficient (Wildman–Crippen LogP) is 4.84. The molecule has 0 unspecified atom stereocenters. The number of amides is 1. The maximum Gasteiger partial charge on any atom is 0.409 e. The van der Waals surface area contributed by atoms with Crippen LogP contribution in [0.25, 0.3) is 10.2 Å². The van der Waals surface area contributed by atoms with Crippen molar-refractivity contribution in [3.8, 4) is 0 Å². The summed E-state index contributed by atoms with van der Waals surface area (Å²) in [6.45, 7) is 6.70. The van der Waals surface area contributed by atoms with Crippen molar-refractivity contribution in [2.45, 2.75) is 18.7 Å². The molecular formula is C27H29N5O5S2. The second-order valence-corrected chi connectivity index (χ2v) is 11.3. The summed E-state index contributed by atoms with van der Waals surface area (Å²) in [4.78, 5) is 13.4. The van der Waals surface area contributed by atoms with Gasteiger partial charge in [0.15, 0.2) is 0 Å². The quantitative estimate of drug-likeness (QED) is 0.209. The van der Waals surface area contributed by atoms with Crippen LogP contribution in [0.3, 0.4) is 0 Å². The molecule has 0 saturated carbocycles. The number of hydrogen-bond donors (Lipinski definition) is 1. The molecular weight excluding hydrogens is 538 g/mol. The normalized spacial score (nSPS) is 13.8. The number of nitrogens with zero attached hydrogens (tertiary/aromatic N) is 4. The van der Waals surface area contributed by atoms with Gasteiger partial charge in [0.05, 0.1) is 35.0 Å². The molecule has 12 heteroatoms. The van der Waals surface area contributed by atoms with Gasteiger partial charge in [0.25, 0.3) is 0 Å². The number of hydrogen-bond acceptors (Lipinski definition) is 9. The monoisotopic (exact) mass is 567 g/mol. The van der Waals surface area contributed by atoms with E-state index in [1.165, 1.54) is 36.1 Å². The van der Waals surface area contributed by atoms with Gasteiger partial charge >= 0.3 is 5.13 Å². The van der Waals surface area contributed by atoms with Crippen molar-refractivity contribution >= 4 is 59.8 Å². The Morgan fingerprint density at radius 3 is 2.31 bits per heavy atom. The summed E-state index contributed by atoms with van der Waals surface area (Å²) in [6.07, 6.45) is 0. The number of anilines is 2. The molecule has 5 rings (SSSR count). The number of azo groups is 1. The molecule has 1 N–H and O–H groups in total. The Kier molecular flexibility index (Phi) is 9.02. The minimum absolute atomic E-state index is 0.0827. The van der Waals surface area contributed by atoms with Crippen LogP contribution in [0.1, 0.15) is 12.5 Å². The Hall–Kier alpha value is -3.71. The number of aromatic nitrogens is 1. The fourth-order valence-corrected chi connectivity index (χ4v) is 5.35. The average molecular weight is 568 g/mol. The number of carbonyl (C=O) groups is 1. The Balaban J connectivity index is 0.000000270. The van der Waals surface area contributed by atoms with Crippen molar-refractivity contribution in [2.24, 2.45) is 17.3 Å². The molecule has 0 atom stereocenters. The number of benzene rings is 3. The summed E-state index contributed by atoms with van der Waals surface area (Å²) in [5, 5.41) is 12.4. The number of rotatable bonds is 5. The second-order valence-electron chi connectivity index (χ2n) is 8.89. The van der Waals surface area contributed by atoms with Crippen LogP contribution in [0.4, 0.5) is 22.2 Å². The molecule has 39 heavy (non-hydrogen) atoms. The Bertz CT molecular complexity index is 1580. The van der Waals surface area contributed by atoms with Crippen molar-refractivity contribution in [1.82, 2.24) is 0 Å². The van der Waals surface area contributed by atoms with E-state index in [2.05, 4.69) is 32.6 Å². The van der Waals surface area contributed by atoms with E-state index in [1.54, 1.807) is 12.1 Å². The molecule has 1 saturated heterocycles. The van der Waals surface area contributed by atoms with Gasteiger partial charge in [0, 0.05) is 31.4 Å². The maximum atomic E-state index is 11.3. The van der Waals surface area contributed by atoms with E-state index in [1.807, 2.05) is 48.9 Å². The van der Waals surface area contributed by atoms with E-state index in [4.69, 9.17) is 4.74 Å². The highest BCUT2D eigenvalue weighted by Crippen LogP contribution is 2.30. The lowest BCUT2D eigenvalue weighted by molar-refractivity contribution is -0.627. The first kappa shape index (κ1) is 28.3. The summed E-state index contributed by atoms with van der Waals surface area (Å²) >= 11 is 1.54. The van der Waals surface area contributed by atoms with Crippen LogP contribution in [0.15, 0.2) is 81.9 Å². The average Bonchev–Trinajstić information content (AvgIpc) is 3.22. The molecule has 0 bridgehead atoms. The lowest BCUT2D eigenvalue weighted by Crippen LogP contribution is -2.36. The van der Waals surface area contributed by atoms with E-state index in [-0.39, 0.29) is 10.8 Å². The Labute approximate surface area is 231 Å². The van der Waals surface area contributed by atoms with Gasteiger partial charge in [-0.05, 0) is 78.0 Å². The van der Waals surface area contributed by atoms with Gasteiger partial charge in [-0.3, -0.25) is 4.79 Å². The summed E-state index contributed by atoms with van der Waals surface area (Å²) in [5.41, 5.74) is 4.76. The SMILES string of the molecule is CC(=O)Nc1ccc2c(c1)sc(N=Nc1ccc(N3CCOCC3)cc1)[n+]2C.Cc1ccc(S(=O)(=O)[O-])cc1. The van der Waals surface area contributed by atoms with E-state index in [0.717, 1.165) is 58.6 Å². The summed E-state index contributed by atoms with van der Waals surface area (Å²) < 4.78 is 39.6. The predicted molar refractivity (Wildman–Crippen MR) is 150 cm³/mol. The van der Waals surface area contributed by atoms with Crippen molar-refractivity contribution < 1.29 is 27.1 Å². The zero-order chi connectivity index (χ0) is 28.0. The van der Waals surface area contributed by atoms with E-state index >= 15 is 0 Å². The first-order valence-electron chi connectivity index (χ1n) is 12.2. The third kappa shape index (κ3) is 7.67. The van der Waals surface area contributed by atoms with Gasteiger partial charge in [-0.25, -0.2) is 13.0 Å². The van der Waals surface area contributed by atoms with Gasteiger partial charge in [-0.2, -0.15) is 0 Å². The number of nitrogens with one attached hydrogen (secondary N) is 1. The number of fused-ring (bicyclic) bond motifs is 1. The van der Waals surface area contributed by atoms with E-state index in [9.17, 15) is 17.8 Å². The van der Waals surface area contributed by atoms with Crippen LogP contribution in [0.2, 0.25) is 0 Å². The Morgan fingerprint density at radius 1 is 1.03 bits per heavy atom. The van der Waals surface area contributed by atoms with Crippen LogP contribution in [0, 0.1) is 6.92 Å². The summed E-state index contributed by atoms with van der Waals surface area (Å²) in [7, 11) is -2.30. The summed E-state index contributed by atoms with van der Waals surface area (Å²) in [6, 6.07) is 19.7. The Morgan fingerprint density at radius 2 is 1.69 bits per heavy atom. The van der Waals surface area contributed by atoms with E-state index in [0.29, 0.717) is 0 Å². The van der Waals surface area contributed by atoms with Gasteiger partial charge in [0.2, 0.25) is 5.91 Å². The lowest BCUT2D eigenvalue weighted by atomic mass is 10.2. The fourth-order valence-electron chi connectivity index (χ4n) is 3.87. The highest BCUT2D eigenvalue weighted by Gasteiger charge is 2.17. The fraction of sp³-hybridized carbons (Fsp3) is 0.259. The van der Waals surface area contributed by atoms with Gasteiger partial charge < -0.3 is 19.5 Å². The van der Waals surface area contributed by atoms with Crippen molar-refractivity contribution in [1.29, 1.82) is 0 Å². The van der Waals surface area contributed by atoms with Gasteiger partial charge in [-0.15, -0.1) is 0 Å². The molecule has 0 radical (unpaired) electrons. The molecule has 10 nitrogen and oxygen atoms in total. The van der Waals surface area contributed by atoms with Crippen LogP contribution in [0.5, 0.6) is 0 Å². The van der Waals surface area contributed by atoms with Crippen LogP contribution >= 0.6 is 11.3 Å². The zero-order valence-electron chi connectivity index (χ0n) is 21.8. The number of thiazole rings is 1. The highest BCUT2D eigenvalue weighted by molar-refractivity contribution is 7.85. The molecule has 4 aromatic rings. The molecule has 204 valence electrons. The molecule has 1 aliphatic heterocycles. The van der Waals surface area contributed by atoms with Crippen molar-refractivity contribution in [3.63, 3.8) is 0 Å². The number of ether oxygens (including phenoxy) is 1. The molecule has 2 heterocycles. The first-order chi connectivity index (χ1) is 18.6. The zero-order valence-corrected chi connectivity index (χ0v) is 23.5. The van der Waals surface area contributed by atoms with Crippen molar-refractivity contribution in [2.75, 3.05) is 36.5 Å². The molecule has 0 aliphatic carbocycles. The van der Waals surface area contributed by atoms with Crippen LogP contribution in [-0.4, -0.2) is 45.2 Å². The molecule has 1 aromatic heterocycles. The molecule has 1 aliphatic rings. The molecule has 3 aromatic carbocycles. The minimum Gasteiger partial charge on any atom is -0.744 e.